The predicted octanol–water partition coefficient (Wildman–Crippen LogP) is 4.45. The van der Waals surface area contributed by atoms with Crippen molar-refractivity contribution < 1.29 is 13.9 Å². The van der Waals surface area contributed by atoms with Gasteiger partial charge in [0, 0.05) is 12.1 Å². The smallest absolute Gasteiger partial charge is 0.203 e. The molecule has 3 rings (SSSR count). The lowest BCUT2D eigenvalue weighted by Crippen LogP contribution is -2.03. The van der Waals surface area contributed by atoms with Gasteiger partial charge in [0.25, 0.3) is 0 Å². The van der Waals surface area contributed by atoms with Gasteiger partial charge >= 0.3 is 0 Å². The van der Waals surface area contributed by atoms with Crippen LogP contribution < -0.4 is 4.74 Å². The number of ether oxygens (including phenoxy) is 1. The second-order valence-corrected chi connectivity index (χ2v) is 5.98. The monoisotopic (exact) mass is 356 g/mol. The van der Waals surface area contributed by atoms with E-state index < -0.39 is 0 Å². The van der Waals surface area contributed by atoms with E-state index in [4.69, 9.17) is 20.8 Å². The van der Waals surface area contributed by atoms with Gasteiger partial charge in [0.1, 0.15) is 29.6 Å². The largest absolute Gasteiger partial charge is 0.486 e. The molecule has 2 aromatic heterocycles. The van der Waals surface area contributed by atoms with E-state index in [2.05, 4.69) is 5.10 Å². The van der Waals surface area contributed by atoms with Gasteiger partial charge in [0.15, 0.2) is 0 Å². The number of aromatic nitrogens is 2. The van der Waals surface area contributed by atoms with Gasteiger partial charge in [-0.05, 0) is 61.5 Å². The van der Waals surface area contributed by atoms with Crippen LogP contribution in [0.25, 0.3) is 6.08 Å². The number of carbonyl (C=O) groups excluding carboxylic acids is 1. The highest BCUT2D eigenvalue weighted by Crippen LogP contribution is 2.18. The maximum atomic E-state index is 12.2. The first kappa shape index (κ1) is 17.0. The number of rotatable bonds is 6. The molecule has 25 heavy (non-hydrogen) atoms. The summed E-state index contributed by atoms with van der Waals surface area (Å²) in [6.07, 6.45) is 3.11. The standard InChI is InChI=1S/C19H17ClN2O3/c1-13-11-18(22(2)21-13)19(23)10-9-16-7-8-17(25-16)12-24-15-5-3-14(20)4-6-15/h3-11H,12H2,1-2H3/b10-9+. The fourth-order valence-corrected chi connectivity index (χ4v) is 2.46. The van der Waals surface area contributed by atoms with Crippen LogP contribution in [-0.4, -0.2) is 15.6 Å². The van der Waals surface area contributed by atoms with Gasteiger partial charge in [-0.3, -0.25) is 9.48 Å². The van der Waals surface area contributed by atoms with Crippen molar-refractivity contribution in [2.24, 2.45) is 7.05 Å². The molecule has 0 atom stereocenters. The first-order chi connectivity index (χ1) is 12.0. The highest BCUT2D eigenvalue weighted by atomic mass is 35.5. The first-order valence-corrected chi connectivity index (χ1v) is 8.09. The summed E-state index contributed by atoms with van der Waals surface area (Å²) < 4.78 is 12.8. The Morgan fingerprint density at radius 3 is 2.72 bits per heavy atom. The zero-order valence-electron chi connectivity index (χ0n) is 13.9. The number of hydrogen-bond donors (Lipinski definition) is 0. The molecule has 0 aliphatic carbocycles. The van der Waals surface area contributed by atoms with Crippen LogP contribution in [0.2, 0.25) is 5.02 Å². The van der Waals surface area contributed by atoms with Crippen LogP contribution in [0.15, 0.2) is 53.0 Å². The Morgan fingerprint density at radius 2 is 2.04 bits per heavy atom. The third kappa shape index (κ3) is 4.39. The van der Waals surface area contributed by atoms with Crippen molar-refractivity contribution >= 4 is 23.5 Å². The van der Waals surface area contributed by atoms with E-state index in [1.165, 1.54) is 6.08 Å². The number of ketones is 1. The molecular weight excluding hydrogens is 340 g/mol. The summed E-state index contributed by atoms with van der Waals surface area (Å²) >= 11 is 5.83. The van der Waals surface area contributed by atoms with E-state index >= 15 is 0 Å². The second-order valence-electron chi connectivity index (χ2n) is 5.54. The number of allylic oxidation sites excluding steroid dienone is 1. The molecule has 2 heterocycles. The van der Waals surface area contributed by atoms with Crippen LogP contribution in [0, 0.1) is 6.92 Å². The Bertz CT molecular complexity index is 907. The van der Waals surface area contributed by atoms with Crippen molar-refractivity contribution in [2.45, 2.75) is 13.5 Å². The van der Waals surface area contributed by atoms with Gasteiger partial charge in [0.05, 0.1) is 5.69 Å². The normalized spacial score (nSPS) is 11.2. The van der Waals surface area contributed by atoms with Crippen LogP contribution in [0.1, 0.15) is 27.7 Å². The molecule has 0 amide bonds. The van der Waals surface area contributed by atoms with Gasteiger partial charge in [-0.25, -0.2) is 0 Å². The zero-order valence-corrected chi connectivity index (χ0v) is 14.7. The molecule has 0 saturated heterocycles. The summed E-state index contributed by atoms with van der Waals surface area (Å²) in [6, 6.07) is 12.5. The Hall–Kier alpha value is -2.79. The van der Waals surface area contributed by atoms with Crippen molar-refractivity contribution in [3.05, 3.63) is 76.5 Å². The van der Waals surface area contributed by atoms with Crippen LogP contribution in [0.3, 0.4) is 0 Å². The average Bonchev–Trinajstić information content (AvgIpc) is 3.18. The van der Waals surface area contributed by atoms with Gasteiger partial charge in [0.2, 0.25) is 5.78 Å². The summed E-state index contributed by atoms with van der Waals surface area (Å²) in [5.41, 5.74) is 1.34. The maximum Gasteiger partial charge on any atom is 0.203 e. The van der Waals surface area contributed by atoms with Crippen LogP contribution in [-0.2, 0) is 13.7 Å². The molecule has 0 spiro atoms. The molecule has 0 saturated carbocycles. The minimum atomic E-state index is -0.126. The van der Waals surface area contributed by atoms with E-state index in [0.29, 0.717) is 34.6 Å². The maximum absolute atomic E-state index is 12.2. The average molecular weight is 357 g/mol. The van der Waals surface area contributed by atoms with E-state index in [1.807, 2.05) is 13.0 Å². The Morgan fingerprint density at radius 1 is 1.28 bits per heavy atom. The third-order valence-electron chi connectivity index (χ3n) is 3.53. The highest BCUT2D eigenvalue weighted by Gasteiger charge is 2.09. The Kier molecular flexibility index (Phi) is 5.05. The summed E-state index contributed by atoms with van der Waals surface area (Å²) in [4.78, 5) is 12.2. The Balaban J connectivity index is 1.60. The lowest BCUT2D eigenvalue weighted by atomic mass is 10.2. The summed E-state index contributed by atoms with van der Waals surface area (Å²) in [6.45, 7) is 2.14. The van der Waals surface area contributed by atoms with Gasteiger partial charge in [-0.1, -0.05) is 11.6 Å². The molecule has 0 aliphatic heterocycles. The summed E-state index contributed by atoms with van der Waals surface area (Å²) in [5.74, 6) is 1.83. The zero-order chi connectivity index (χ0) is 17.8. The fourth-order valence-electron chi connectivity index (χ4n) is 2.33. The lowest BCUT2D eigenvalue weighted by Gasteiger charge is -2.03. The number of halogens is 1. The number of furan rings is 1. The van der Waals surface area contributed by atoms with Gasteiger partial charge < -0.3 is 9.15 Å². The van der Waals surface area contributed by atoms with Crippen molar-refractivity contribution in [1.29, 1.82) is 0 Å². The number of hydrogen-bond acceptors (Lipinski definition) is 4. The number of benzene rings is 1. The molecule has 128 valence electrons. The van der Waals surface area contributed by atoms with Gasteiger partial charge in [-0.2, -0.15) is 5.10 Å². The number of aryl methyl sites for hydroxylation is 2. The van der Waals surface area contributed by atoms with Crippen molar-refractivity contribution in [2.75, 3.05) is 0 Å². The van der Waals surface area contributed by atoms with Crippen molar-refractivity contribution in [3.8, 4) is 5.75 Å². The van der Waals surface area contributed by atoms with E-state index in [1.54, 1.807) is 54.2 Å². The molecule has 3 aromatic rings. The topological polar surface area (TPSA) is 57.3 Å². The number of carbonyl (C=O) groups is 1. The van der Waals surface area contributed by atoms with Crippen LogP contribution in [0.5, 0.6) is 5.75 Å². The highest BCUT2D eigenvalue weighted by molar-refractivity contribution is 6.30. The minimum Gasteiger partial charge on any atom is -0.486 e. The molecule has 0 fully saturated rings. The molecule has 0 unspecified atom stereocenters. The third-order valence-corrected chi connectivity index (χ3v) is 3.78. The van der Waals surface area contributed by atoms with E-state index in [-0.39, 0.29) is 5.78 Å². The molecular formula is C19H17ClN2O3. The fraction of sp³-hybridized carbons (Fsp3) is 0.158. The van der Waals surface area contributed by atoms with Crippen molar-refractivity contribution in [1.82, 2.24) is 9.78 Å². The van der Waals surface area contributed by atoms with Gasteiger partial charge in [-0.15, -0.1) is 0 Å². The quantitative estimate of drug-likeness (QED) is 0.483. The molecule has 0 aliphatic rings. The minimum absolute atomic E-state index is 0.126. The predicted molar refractivity (Wildman–Crippen MR) is 95.8 cm³/mol. The Labute approximate surface area is 150 Å². The molecule has 0 bridgehead atoms. The molecule has 0 radical (unpaired) electrons. The SMILES string of the molecule is Cc1cc(C(=O)/C=C/c2ccc(COc3ccc(Cl)cc3)o2)n(C)n1. The van der Waals surface area contributed by atoms with Crippen molar-refractivity contribution in [3.63, 3.8) is 0 Å². The molecule has 6 heteroatoms. The summed E-state index contributed by atoms with van der Waals surface area (Å²) in [5, 5.41) is 4.82. The lowest BCUT2D eigenvalue weighted by molar-refractivity contribution is 0.103. The molecule has 5 nitrogen and oxygen atoms in total. The molecule has 1 aromatic carbocycles. The number of nitrogens with zero attached hydrogens (tertiary/aromatic N) is 2. The van der Waals surface area contributed by atoms with Crippen LogP contribution in [0.4, 0.5) is 0 Å². The van der Waals surface area contributed by atoms with E-state index in [9.17, 15) is 4.79 Å². The second kappa shape index (κ2) is 7.40. The first-order valence-electron chi connectivity index (χ1n) is 7.71. The van der Waals surface area contributed by atoms with E-state index in [0.717, 1.165) is 5.69 Å². The molecule has 0 N–H and O–H groups in total. The van der Waals surface area contributed by atoms with Crippen LogP contribution >= 0.6 is 11.6 Å². The summed E-state index contributed by atoms with van der Waals surface area (Å²) in [7, 11) is 1.74.